The first-order chi connectivity index (χ1) is 9.24. The van der Waals surface area contributed by atoms with Crippen molar-refractivity contribution in [3.8, 4) is 5.75 Å². The Kier molecular flexibility index (Phi) is 6.91. The van der Waals surface area contributed by atoms with Gasteiger partial charge in [-0.3, -0.25) is 0 Å². The monoisotopic (exact) mass is 394 g/mol. The Morgan fingerprint density at radius 3 is 2.55 bits per heavy atom. The van der Waals surface area contributed by atoms with Crippen molar-refractivity contribution in [2.45, 2.75) is 18.0 Å². The second kappa shape index (κ2) is 7.73. The molecule has 0 heterocycles. The molecule has 114 valence electrons. The van der Waals surface area contributed by atoms with Crippen LogP contribution in [0.1, 0.15) is 17.4 Å². The Bertz CT molecular complexity index is 455. The van der Waals surface area contributed by atoms with Crippen molar-refractivity contribution in [3.05, 3.63) is 27.2 Å². The molecule has 0 bridgehead atoms. The predicted molar refractivity (Wildman–Crippen MR) is 75.8 cm³/mol. The molecule has 0 aliphatic heterocycles. The van der Waals surface area contributed by atoms with Gasteiger partial charge in [-0.1, -0.05) is 11.6 Å². The van der Waals surface area contributed by atoms with Crippen molar-refractivity contribution in [1.29, 1.82) is 0 Å². The molecule has 0 spiro atoms. The third kappa shape index (κ3) is 5.68. The smallest absolute Gasteiger partial charge is 0.411 e. The molecule has 0 fully saturated rings. The fraction of sp³-hybridized carbons (Fsp3) is 0.500. The third-order valence-electron chi connectivity index (χ3n) is 2.36. The molecule has 1 aromatic rings. The summed E-state index contributed by atoms with van der Waals surface area (Å²) in [4.78, 5) is 0. The van der Waals surface area contributed by atoms with E-state index in [0.29, 0.717) is 20.8 Å². The first-order valence-electron chi connectivity index (χ1n) is 5.56. The maximum atomic E-state index is 11.9. The van der Waals surface area contributed by atoms with Gasteiger partial charge in [-0.15, -0.1) is 11.6 Å². The fourth-order valence-corrected chi connectivity index (χ4v) is 2.81. The van der Waals surface area contributed by atoms with Crippen LogP contribution >= 0.6 is 39.1 Å². The van der Waals surface area contributed by atoms with Crippen molar-refractivity contribution >= 4 is 39.1 Å². The summed E-state index contributed by atoms with van der Waals surface area (Å²) in [5, 5.41) is -0.109. The maximum Gasteiger partial charge on any atom is 0.411 e. The highest BCUT2D eigenvalue weighted by Gasteiger charge is 2.27. The minimum atomic E-state index is -4.33. The number of alkyl halides is 4. The molecular weight excluding hydrogens is 384 g/mol. The summed E-state index contributed by atoms with van der Waals surface area (Å²) in [6.07, 6.45) is -4.13. The molecule has 20 heavy (non-hydrogen) atoms. The van der Waals surface area contributed by atoms with E-state index in [9.17, 15) is 13.2 Å². The van der Waals surface area contributed by atoms with E-state index in [4.69, 9.17) is 27.9 Å². The highest BCUT2D eigenvalue weighted by Crippen LogP contribution is 2.39. The number of methoxy groups -OCH3 is 1. The molecule has 1 aromatic carbocycles. The topological polar surface area (TPSA) is 18.5 Å². The van der Waals surface area contributed by atoms with Crippen LogP contribution in [-0.4, -0.2) is 26.5 Å². The van der Waals surface area contributed by atoms with Crippen LogP contribution in [0.15, 0.2) is 16.6 Å². The molecular formula is C12H12BrCl2F3O2. The zero-order chi connectivity index (χ0) is 15.3. The number of hydrogen-bond donors (Lipinski definition) is 0. The van der Waals surface area contributed by atoms with Gasteiger partial charge in [0.2, 0.25) is 0 Å². The van der Waals surface area contributed by atoms with E-state index < -0.39 is 18.2 Å². The molecule has 0 N–H and O–H groups in total. The first kappa shape index (κ1) is 17.9. The molecule has 0 aromatic heterocycles. The molecule has 0 amide bonds. The minimum Gasteiger partial charge on any atom is -0.495 e. The average molecular weight is 396 g/mol. The summed E-state index contributed by atoms with van der Waals surface area (Å²) in [6.45, 7) is -1.39. The van der Waals surface area contributed by atoms with Gasteiger partial charge in [-0.2, -0.15) is 13.2 Å². The fourth-order valence-electron chi connectivity index (χ4n) is 1.56. The van der Waals surface area contributed by atoms with E-state index in [0.717, 1.165) is 0 Å². The quantitative estimate of drug-likeness (QED) is 0.476. The van der Waals surface area contributed by atoms with Gasteiger partial charge in [0.1, 0.15) is 12.4 Å². The van der Waals surface area contributed by atoms with Gasteiger partial charge >= 0.3 is 6.18 Å². The Balaban J connectivity index is 2.65. The molecule has 0 saturated heterocycles. The van der Waals surface area contributed by atoms with Gasteiger partial charge in [-0.25, -0.2) is 0 Å². The summed E-state index contributed by atoms with van der Waals surface area (Å²) in [5.41, 5.74) is 0.601. The maximum absolute atomic E-state index is 11.9. The van der Waals surface area contributed by atoms with Crippen LogP contribution in [0.5, 0.6) is 5.75 Å². The van der Waals surface area contributed by atoms with Crippen LogP contribution in [0.3, 0.4) is 0 Å². The van der Waals surface area contributed by atoms with Crippen LogP contribution < -0.4 is 4.74 Å². The summed E-state index contributed by atoms with van der Waals surface area (Å²) >= 11 is 15.4. The summed E-state index contributed by atoms with van der Waals surface area (Å²) < 4.78 is 46.1. The van der Waals surface area contributed by atoms with Crippen molar-refractivity contribution in [2.24, 2.45) is 0 Å². The molecule has 8 heteroatoms. The van der Waals surface area contributed by atoms with Gasteiger partial charge < -0.3 is 9.47 Å². The highest BCUT2D eigenvalue weighted by molar-refractivity contribution is 9.10. The Hall–Kier alpha value is -0.170. The Morgan fingerprint density at radius 2 is 2.00 bits per heavy atom. The molecule has 0 aliphatic rings. The van der Waals surface area contributed by atoms with Crippen molar-refractivity contribution in [3.63, 3.8) is 0 Å². The second-order valence-electron chi connectivity index (χ2n) is 3.93. The van der Waals surface area contributed by atoms with E-state index in [2.05, 4.69) is 20.7 Å². The van der Waals surface area contributed by atoms with Gasteiger partial charge in [0.25, 0.3) is 0 Å². The summed E-state index contributed by atoms with van der Waals surface area (Å²) in [5.74, 6) is 0.505. The molecule has 0 saturated carbocycles. The third-order valence-corrected chi connectivity index (χ3v) is 3.62. The van der Waals surface area contributed by atoms with Gasteiger partial charge in [0.05, 0.1) is 17.0 Å². The van der Waals surface area contributed by atoms with E-state index in [1.54, 1.807) is 12.1 Å². The molecule has 1 unspecified atom stereocenters. The SMILES string of the molecule is COc1c(Br)cc(Cl)cc1C(Cl)CCOCC(F)(F)F. The molecule has 1 atom stereocenters. The van der Waals surface area contributed by atoms with E-state index in [1.165, 1.54) is 7.11 Å². The number of hydrogen-bond acceptors (Lipinski definition) is 2. The molecule has 1 rings (SSSR count). The molecule has 0 radical (unpaired) electrons. The zero-order valence-electron chi connectivity index (χ0n) is 10.4. The van der Waals surface area contributed by atoms with E-state index in [1.807, 2.05) is 0 Å². The molecule has 0 aliphatic carbocycles. The lowest BCUT2D eigenvalue weighted by Gasteiger charge is -2.16. The normalized spacial score (nSPS) is 13.3. The lowest BCUT2D eigenvalue weighted by Crippen LogP contribution is -2.17. The number of benzene rings is 1. The second-order valence-corrected chi connectivity index (χ2v) is 5.75. The lowest BCUT2D eigenvalue weighted by molar-refractivity contribution is -0.174. The average Bonchev–Trinajstić information content (AvgIpc) is 2.32. The van der Waals surface area contributed by atoms with Gasteiger partial charge in [0.15, 0.2) is 0 Å². The van der Waals surface area contributed by atoms with Crippen molar-refractivity contribution in [1.82, 2.24) is 0 Å². The van der Waals surface area contributed by atoms with Crippen LogP contribution in [-0.2, 0) is 4.74 Å². The number of ether oxygens (including phenoxy) is 2. The molecule has 2 nitrogen and oxygen atoms in total. The van der Waals surface area contributed by atoms with Gasteiger partial charge in [0, 0.05) is 17.2 Å². The Morgan fingerprint density at radius 1 is 1.35 bits per heavy atom. The summed E-state index contributed by atoms with van der Waals surface area (Å²) in [6, 6.07) is 3.26. The van der Waals surface area contributed by atoms with Crippen LogP contribution in [0.25, 0.3) is 0 Å². The van der Waals surface area contributed by atoms with Gasteiger partial charge in [-0.05, 0) is 34.5 Å². The van der Waals surface area contributed by atoms with Crippen LogP contribution in [0, 0.1) is 0 Å². The Labute approximate surface area is 133 Å². The zero-order valence-corrected chi connectivity index (χ0v) is 13.5. The van der Waals surface area contributed by atoms with Crippen molar-refractivity contribution < 1.29 is 22.6 Å². The minimum absolute atomic E-state index is 0.110. The first-order valence-corrected chi connectivity index (χ1v) is 7.17. The largest absolute Gasteiger partial charge is 0.495 e. The van der Waals surface area contributed by atoms with E-state index >= 15 is 0 Å². The van der Waals surface area contributed by atoms with Crippen LogP contribution in [0.2, 0.25) is 5.02 Å². The predicted octanol–water partition coefficient (Wildman–Crippen LogP) is 5.36. The van der Waals surface area contributed by atoms with Crippen LogP contribution in [0.4, 0.5) is 13.2 Å². The van der Waals surface area contributed by atoms with E-state index in [-0.39, 0.29) is 13.0 Å². The lowest BCUT2D eigenvalue weighted by atomic mass is 10.1. The summed E-state index contributed by atoms with van der Waals surface area (Å²) in [7, 11) is 1.47. The number of rotatable bonds is 6. The van der Waals surface area contributed by atoms with Crippen molar-refractivity contribution in [2.75, 3.05) is 20.3 Å². The standard InChI is InChI=1S/C12H12BrCl2F3O2/c1-19-11-8(4-7(14)5-9(11)13)10(15)2-3-20-6-12(16,17)18/h4-5,10H,2-3,6H2,1H3. The number of halogens is 6. The highest BCUT2D eigenvalue weighted by atomic mass is 79.9.